The van der Waals surface area contributed by atoms with Gasteiger partial charge in [-0.25, -0.2) is 0 Å². The molecule has 0 aromatic rings. The van der Waals surface area contributed by atoms with Crippen molar-refractivity contribution in [1.82, 2.24) is 4.90 Å². The second-order valence-electron chi connectivity index (χ2n) is 5.28. The lowest BCUT2D eigenvalue weighted by Crippen LogP contribution is -2.41. The molecule has 1 aliphatic carbocycles. The van der Waals surface area contributed by atoms with Crippen LogP contribution < -0.4 is 0 Å². The zero-order valence-electron chi connectivity index (χ0n) is 10.6. The average molecular weight is 213 g/mol. The Morgan fingerprint density at radius 2 is 1.73 bits per heavy atom. The van der Waals surface area contributed by atoms with Crippen molar-refractivity contribution in [2.45, 2.75) is 52.5 Å². The second-order valence-corrected chi connectivity index (χ2v) is 5.28. The summed E-state index contributed by atoms with van der Waals surface area (Å²) in [6.07, 6.45) is 5.02. The molecule has 15 heavy (non-hydrogen) atoms. The van der Waals surface area contributed by atoms with Gasteiger partial charge in [-0.1, -0.05) is 20.8 Å². The summed E-state index contributed by atoms with van der Waals surface area (Å²) in [4.78, 5) is 2.56. The summed E-state index contributed by atoms with van der Waals surface area (Å²) in [5.74, 6) is 1.75. The summed E-state index contributed by atoms with van der Waals surface area (Å²) >= 11 is 0. The minimum atomic E-state index is 0.328. The van der Waals surface area contributed by atoms with Crippen molar-refractivity contribution >= 4 is 0 Å². The Kier molecular flexibility index (Phi) is 5.62. The smallest absolute Gasteiger partial charge is 0.0443 e. The van der Waals surface area contributed by atoms with Crippen LogP contribution >= 0.6 is 0 Å². The van der Waals surface area contributed by atoms with Gasteiger partial charge in [0.25, 0.3) is 0 Å². The third-order valence-electron chi connectivity index (χ3n) is 3.68. The Morgan fingerprint density at radius 1 is 1.13 bits per heavy atom. The fourth-order valence-electron chi connectivity index (χ4n) is 3.08. The summed E-state index contributed by atoms with van der Waals surface area (Å²) in [5.41, 5.74) is 0. The van der Waals surface area contributed by atoms with E-state index in [0.29, 0.717) is 6.61 Å². The standard InChI is InChI=1S/C13H27NO/c1-4-14(6-5-7-15)13-9-11(2)8-12(3)10-13/h11-13,15H,4-10H2,1-3H3. The van der Waals surface area contributed by atoms with E-state index in [9.17, 15) is 0 Å². The van der Waals surface area contributed by atoms with Crippen LogP contribution in [-0.4, -0.2) is 35.7 Å². The first-order valence-electron chi connectivity index (χ1n) is 6.52. The van der Waals surface area contributed by atoms with Crippen molar-refractivity contribution in [1.29, 1.82) is 0 Å². The molecule has 2 unspecified atom stereocenters. The lowest BCUT2D eigenvalue weighted by molar-refractivity contribution is 0.107. The van der Waals surface area contributed by atoms with Gasteiger partial charge in [0.05, 0.1) is 0 Å². The number of aliphatic hydroxyl groups is 1. The Morgan fingerprint density at radius 3 is 2.20 bits per heavy atom. The first kappa shape index (κ1) is 13.0. The molecule has 1 fully saturated rings. The van der Waals surface area contributed by atoms with E-state index in [4.69, 9.17) is 5.11 Å². The number of rotatable bonds is 5. The van der Waals surface area contributed by atoms with Crippen LogP contribution in [0.1, 0.15) is 46.5 Å². The molecule has 0 radical (unpaired) electrons. The summed E-state index contributed by atoms with van der Waals surface area (Å²) in [7, 11) is 0. The summed E-state index contributed by atoms with van der Waals surface area (Å²) in [5, 5.41) is 8.89. The number of hydrogen-bond donors (Lipinski definition) is 1. The molecule has 1 rings (SSSR count). The maximum absolute atomic E-state index is 8.89. The summed E-state index contributed by atoms with van der Waals surface area (Å²) in [6, 6.07) is 0.764. The van der Waals surface area contributed by atoms with Crippen molar-refractivity contribution in [3.63, 3.8) is 0 Å². The molecule has 0 aromatic heterocycles. The van der Waals surface area contributed by atoms with Gasteiger partial charge in [0.15, 0.2) is 0 Å². The number of hydrogen-bond acceptors (Lipinski definition) is 2. The van der Waals surface area contributed by atoms with Gasteiger partial charge in [0.1, 0.15) is 0 Å². The lowest BCUT2D eigenvalue weighted by Gasteiger charge is -2.38. The molecule has 2 nitrogen and oxygen atoms in total. The number of aliphatic hydroxyl groups excluding tert-OH is 1. The summed E-state index contributed by atoms with van der Waals surface area (Å²) < 4.78 is 0. The molecule has 2 heteroatoms. The highest BCUT2D eigenvalue weighted by Gasteiger charge is 2.27. The van der Waals surface area contributed by atoms with Crippen molar-refractivity contribution < 1.29 is 5.11 Å². The van der Waals surface area contributed by atoms with Crippen LogP contribution in [0.4, 0.5) is 0 Å². The highest BCUT2D eigenvalue weighted by molar-refractivity contribution is 4.81. The normalized spacial score (nSPS) is 32.2. The molecule has 0 bridgehead atoms. The maximum atomic E-state index is 8.89. The van der Waals surface area contributed by atoms with Crippen LogP contribution in [0.3, 0.4) is 0 Å². The first-order valence-corrected chi connectivity index (χ1v) is 6.52. The van der Waals surface area contributed by atoms with Gasteiger partial charge < -0.3 is 10.0 Å². The minimum Gasteiger partial charge on any atom is -0.396 e. The molecular formula is C13H27NO. The van der Waals surface area contributed by atoms with E-state index in [1.54, 1.807) is 0 Å². The van der Waals surface area contributed by atoms with E-state index in [2.05, 4.69) is 25.7 Å². The largest absolute Gasteiger partial charge is 0.396 e. The van der Waals surface area contributed by atoms with Crippen LogP contribution in [0.25, 0.3) is 0 Å². The van der Waals surface area contributed by atoms with E-state index in [1.807, 2.05) is 0 Å². The molecular weight excluding hydrogens is 186 g/mol. The van der Waals surface area contributed by atoms with Crippen molar-refractivity contribution in [2.24, 2.45) is 11.8 Å². The topological polar surface area (TPSA) is 23.5 Å². The van der Waals surface area contributed by atoms with Crippen LogP contribution in [0, 0.1) is 11.8 Å². The molecule has 1 N–H and O–H groups in total. The average Bonchev–Trinajstić information content (AvgIpc) is 2.17. The van der Waals surface area contributed by atoms with Crippen molar-refractivity contribution in [3.05, 3.63) is 0 Å². The van der Waals surface area contributed by atoms with E-state index in [0.717, 1.165) is 37.4 Å². The predicted octanol–water partition coefficient (Wildman–Crippen LogP) is 2.52. The fourth-order valence-corrected chi connectivity index (χ4v) is 3.08. The SMILES string of the molecule is CCN(CCCO)C1CC(C)CC(C)C1. The number of nitrogens with zero attached hydrogens (tertiary/aromatic N) is 1. The van der Waals surface area contributed by atoms with Crippen LogP contribution in [0.15, 0.2) is 0 Å². The van der Waals surface area contributed by atoms with Gasteiger partial charge >= 0.3 is 0 Å². The van der Waals surface area contributed by atoms with E-state index in [-0.39, 0.29) is 0 Å². The molecule has 90 valence electrons. The van der Waals surface area contributed by atoms with E-state index >= 15 is 0 Å². The zero-order chi connectivity index (χ0) is 11.3. The fraction of sp³-hybridized carbons (Fsp3) is 1.00. The van der Waals surface area contributed by atoms with Gasteiger partial charge in [0.2, 0.25) is 0 Å². The monoisotopic (exact) mass is 213 g/mol. The van der Waals surface area contributed by atoms with Gasteiger partial charge in [-0.15, -0.1) is 0 Å². The predicted molar refractivity (Wildman–Crippen MR) is 64.9 cm³/mol. The summed E-state index contributed by atoms with van der Waals surface area (Å²) in [6.45, 7) is 9.52. The minimum absolute atomic E-state index is 0.328. The Labute approximate surface area is 94.7 Å². The lowest BCUT2D eigenvalue weighted by atomic mass is 9.80. The van der Waals surface area contributed by atoms with Crippen molar-refractivity contribution in [3.8, 4) is 0 Å². The third-order valence-corrected chi connectivity index (χ3v) is 3.68. The zero-order valence-corrected chi connectivity index (χ0v) is 10.6. The molecule has 1 saturated carbocycles. The maximum Gasteiger partial charge on any atom is 0.0443 e. The van der Waals surface area contributed by atoms with E-state index in [1.165, 1.54) is 19.3 Å². The molecule has 0 aromatic carbocycles. The Hall–Kier alpha value is -0.0800. The van der Waals surface area contributed by atoms with Gasteiger partial charge in [0, 0.05) is 19.2 Å². The molecule has 0 heterocycles. The Bertz CT molecular complexity index is 162. The van der Waals surface area contributed by atoms with Gasteiger partial charge in [-0.3, -0.25) is 0 Å². The molecule has 2 atom stereocenters. The molecule has 0 spiro atoms. The molecule has 0 saturated heterocycles. The molecule has 0 amide bonds. The van der Waals surface area contributed by atoms with Gasteiger partial charge in [-0.2, -0.15) is 0 Å². The third kappa shape index (κ3) is 4.12. The van der Waals surface area contributed by atoms with Crippen LogP contribution in [0.5, 0.6) is 0 Å². The first-order chi connectivity index (χ1) is 7.17. The highest BCUT2D eigenvalue weighted by Crippen LogP contribution is 2.31. The quantitative estimate of drug-likeness (QED) is 0.758. The van der Waals surface area contributed by atoms with Crippen molar-refractivity contribution in [2.75, 3.05) is 19.7 Å². The van der Waals surface area contributed by atoms with E-state index < -0.39 is 0 Å². The molecule has 0 aliphatic heterocycles. The second kappa shape index (κ2) is 6.49. The van der Waals surface area contributed by atoms with Crippen LogP contribution in [0.2, 0.25) is 0 Å². The van der Waals surface area contributed by atoms with Gasteiger partial charge in [-0.05, 0) is 44.1 Å². The molecule has 1 aliphatic rings. The Balaban J connectivity index is 2.43. The highest BCUT2D eigenvalue weighted by atomic mass is 16.3. The van der Waals surface area contributed by atoms with Crippen LogP contribution in [-0.2, 0) is 0 Å².